The maximum atomic E-state index is 2.42. The van der Waals surface area contributed by atoms with Gasteiger partial charge in [-0.3, -0.25) is 0 Å². The fourth-order valence-corrected chi connectivity index (χ4v) is 11.3. The summed E-state index contributed by atoms with van der Waals surface area (Å²) in [4.78, 5) is 4.83. The number of para-hydroxylation sites is 2. The molecule has 0 unspecified atom stereocenters. The lowest BCUT2D eigenvalue weighted by molar-refractivity contribution is 1.18. The Bertz CT molecular complexity index is 4230. The number of anilines is 6. The van der Waals surface area contributed by atoms with Gasteiger partial charge >= 0.3 is 0 Å². The van der Waals surface area contributed by atoms with Gasteiger partial charge in [-0.05, 0) is 163 Å². The molecule has 0 N–H and O–H groups in total. The fourth-order valence-electron chi connectivity index (χ4n) is 11.3. The third-order valence-corrected chi connectivity index (χ3v) is 15.1. The van der Waals surface area contributed by atoms with E-state index in [9.17, 15) is 0 Å². The van der Waals surface area contributed by atoms with Gasteiger partial charge in [-0.1, -0.05) is 212 Å². The second-order valence-electron chi connectivity index (χ2n) is 19.8. The van der Waals surface area contributed by atoms with Gasteiger partial charge in [-0.2, -0.15) is 0 Å². The Morgan fingerprint density at radius 2 is 0.571 bits per heavy atom. The second-order valence-corrected chi connectivity index (χ2v) is 19.8. The van der Waals surface area contributed by atoms with Crippen LogP contribution in [0, 0.1) is 0 Å². The van der Waals surface area contributed by atoms with E-state index in [2.05, 4.69) is 324 Å². The highest BCUT2D eigenvalue weighted by Crippen LogP contribution is 2.45. The molecular formula is C74H51N3. The van der Waals surface area contributed by atoms with Gasteiger partial charge in [-0.15, -0.1) is 0 Å². The second kappa shape index (κ2) is 19.6. The molecule has 77 heavy (non-hydrogen) atoms. The van der Waals surface area contributed by atoms with Crippen molar-refractivity contribution in [1.29, 1.82) is 0 Å². The Balaban J connectivity index is 0.952. The van der Waals surface area contributed by atoms with Gasteiger partial charge in [0.25, 0.3) is 0 Å². The number of hydrogen-bond donors (Lipinski definition) is 0. The molecule has 3 nitrogen and oxygen atoms in total. The molecule has 0 aliphatic carbocycles. The quantitative estimate of drug-likeness (QED) is 0.128. The molecule has 362 valence electrons. The van der Waals surface area contributed by atoms with Crippen LogP contribution in [0.4, 0.5) is 34.1 Å². The van der Waals surface area contributed by atoms with Crippen molar-refractivity contribution in [2.24, 2.45) is 0 Å². The lowest BCUT2D eigenvalue weighted by Crippen LogP contribution is -2.14. The molecule has 0 amide bonds. The summed E-state index contributed by atoms with van der Waals surface area (Å²) in [7, 11) is 0. The van der Waals surface area contributed by atoms with E-state index in [1.165, 1.54) is 71.2 Å². The van der Waals surface area contributed by atoms with Crippen molar-refractivity contribution in [2.75, 3.05) is 9.80 Å². The van der Waals surface area contributed by atoms with Gasteiger partial charge in [0.2, 0.25) is 0 Å². The van der Waals surface area contributed by atoms with E-state index in [0.717, 1.165) is 56.5 Å². The monoisotopic (exact) mass is 981 g/mol. The molecule has 13 aromatic carbocycles. The zero-order chi connectivity index (χ0) is 51.1. The summed E-state index contributed by atoms with van der Waals surface area (Å²) in [5, 5.41) is 7.24. The number of nitrogens with zero attached hydrogens (tertiary/aromatic N) is 3. The lowest BCUT2D eigenvalue weighted by Gasteiger charge is -2.31. The molecule has 14 rings (SSSR count). The van der Waals surface area contributed by atoms with Crippen LogP contribution in [0.1, 0.15) is 0 Å². The van der Waals surface area contributed by atoms with Crippen molar-refractivity contribution >= 4 is 77.5 Å². The molecule has 0 atom stereocenters. The molecule has 0 aliphatic heterocycles. The van der Waals surface area contributed by atoms with Gasteiger partial charge in [-0.25, -0.2) is 0 Å². The Kier molecular flexibility index (Phi) is 11.5. The Hall–Kier alpha value is -10.2. The standard InChI is InChI=1S/C74H51N3/c1-4-16-52(17-5-1)56-32-39-65(40-33-56)75(67-43-36-54-20-10-12-22-60(54)46-67)69-48-63(59-30-28-58(29-31-59)62-38-45-74-72(50-62)71-26-14-15-27-73(71)77(74)64-24-8-3-9-25-64)49-70(51-69)76(68-44-37-55-21-11-13-23-61(55)47-68)66-41-34-57(35-42-66)53-18-6-2-7-19-53/h1-51H. The molecule has 1 heterocycles. The van der Waals surface area contributed by atoms with E-state index in [0.29, 0.717) is 0 Å². The minimum atomic E-state index is 1.04. The zero-order valence-electron chi connectivity index (χ0n) is 42.3. The Morgan fingerprint density at radius 1 is 0.195 bits per heavy atom. The molecule has 0 fully saturated rings. The van der Waals surface area contributed by atoms with Crippen LogP contribution in [0.5, 0.6) is 0 Å². The van der Waals surface area contributed by atoms with Crippen molar-refractivity contribution < 1.29 is 0 Å². The minimum absolute atomic E-state index is 1.04. The summed E-state index contributed by atoms with van der Waals surface area (Å²) in [6, 6.07) is 113. The van der Waals surface area contributed by atoms with Crippen LogP contribution >= 0.6 is 0 Å². The van der Waals surface area contributed by atoms with E-state index in [1.807, 2.05) is 0 Å². The van der Waals surface area contributed by atoms with Crippen molar-refractivity contribution in [3.8, 4) is 50.2 Å². The van der Waals surface area contributed by atoms with Crippen LogP contribution in [0.15, 0.2) is 309 Å². The first-order chi connectivity index (χ1) is 38.1. The van der Waals surface area contributed by atoms with Crippen LogP contribution in [0.2, 0.25) is 0 Å². The van der Waals surface area contributed by atoms with Crippen molar-refractivity contribution in [1.82, 2.24) is 4.57 Å². The SMILES string of the molecule is c1ccc(-c2ccc(N(c3cc(-c4ccc(-c5ccc6c(c5)c5ccccc5n6-c5ccccc5)cc4)cc(N(c4ccc(-c5ccccc5)cc4)c4ccc5ccccc5c4)c3)c3ccc4ccccc4c3)cc2)cc1. The predicted octanol–water partition coefficient (Wildman–Crippen LogP) is 20.7. The highest BCUT2D eigenvalue weighted by atomic mass is 15.2. The van der Waals surface area contributed by atoms with Crippen LogP contribution in [-0.2, 0) is 0 Å². The number of fused-ring (bicyclic) bond motifs is 5. The number of aromatic nitrogens is 1. The molecule has 1 aromatic heterocycles. The van der Waals surface area contributed by atoms with Crippen LogP contribution < -0.4 is 9.80 Å². The third kappa shape index (κ3) is 8.66. The largest absolute Gasteiger partial charge is 0.310 e. The van der Waals surface area contributed by atoms with Crippen molar-refractivity contribution in [2.45, 2.75) is 0 Å². The first-order valence-corrected chi connectivity index (χ1v) is 26.4. The molecule has 3 heteroatoms. The first kappa shape index (κ1) is 45.4. The van der Waals surface area contributed by atoms with Gasteiger partial charge in [0.1, 0.15) is 0 Å². The van der Waals surface area contributed by atoms with Crippen LogP contribution in [-0.4, -0.2) is 4.57 Å². The van der Waals surface area contributed by atoms with Crippen LogP contribution in [0.25, 0.3) is 93.5 Å². The van der Waals surface area contributed by atoms with Crippen molar-refractivity contribution in [3.63, 3.8) is 0 Å². The molecule has 0 spiro atoms. The van der Waals surface area contributed by atoms with E-state index in [1.54, 1.807) is 0 Å². The third-order valence-electron chi connectivity index (χ3n) is 15.1. The summed E-state index contributed by atoms with van der Waals surface area (Å²) in [5.74, 6) is 0. The normalized spacial score (nSPS) is 11.4. The van der Waals surface area contributed by atoms with Gasteiger partial charge < -0.3 is 14.4 Å². The molecular weight excluding hydrogens is 931 g/mol. The number of hydrogen-bond acceptors (Lipinski definition) is 2. The maximum Gasteiger partial charge on any atom is 0.0541 e. The van der Waals surface area contributed by atoms with E-state index in [4.69, 9.17) is 0 Å². The summed E-state index contributed by atoms with van der Waals surface area (Å²) >= 11 is 0. The summed E-state index contributed by atoms with van der Waals surface area (Å²) in [6.45, 7) is 0. The summed E-state index contributed by atoms with van der Waals surface area (Å²) in [6.07, 6.45) is 0. The fraction of sp³-hybridized carbons (Fsp3) is 0. The van der Waals surface area contributed by atoms with E-state index in [-0.39, 0.29) is 0 Å². The summed E-state index contributed by atoms with van der Waals surface area (Å²) < 4.78 is 2.37. The van der Waals surface area contributed by atoms with Crippen molar-refractivity contribution in [3.05, 3.63) is 309 Å². The highest BCUT2D eigenvalue weighted by Gasteiger charge is 2.21. The van der Waals surface area contributed by atoms with Crippen LogP contribution in [0.3, 0.4) is 0 Å². The molecule has 0 radical (unpaired) electrons. The molecule has 0 bridgehead atoms. The van der Waals surface area contributed by atoms with Gasteiger partial charge in [0, 0.05) is 50.6 Å². The smallest absolute Gasteiger partial charge is 0.0541 e. The van der Waals surface area contributed by atoms with Gasteiger partial charge in [0.15, 0.2) is 0 Å². The first-order valence-electron chi connectivity index (χ1n) is 26.4. The molecule has 14 aromatic rings. The van der Waals surface area contributed by atoms with E-state index >= 15 is 0 Å². The van der Waals surface area contributed by atoms with Gasteiger partial charge in [0.05, 0.1) is 11.0 Å². The lowest BCUT2D eigenvalue weighted by atomic mass is 9.97. The Labute approximate surface area is 449 Å². The average molecular weight is 982 g/mol. The average Bonchev–Trinajstić information content (AvgIpc) is 3.92. The summed E-state index contributed by atoms with van der Waals surface area (Å²) in [5.41, 5.74) is 19.2. The predicted molar refractivity (Wildman–Crippen MR) is 327 cm³/mol. The maximum absolute atomic E-state index is 2.42. The topological polar surface area (TPSA) is 11.4 Å². The van der Waals surface area contributed by atoms with E-state index < -0.39 is 0 Å². The minimum Gasteiger partial charge on any atom is -0.310 e. The number of rotatable bonds is 11. The Morgan fingerprint density at radius 3 is 1.10 bits per heavy atom. The zero-order valence-corrected chi connectivity index (χ0v) is 42.3. The molecule has 0 saturated heterocycles. The molecule has 0 aliphatic rings. The molecule has 0 saturated carbocycles. The highest BCUT2D eigenvalue weighted by molar-refractivity contribution is 6.10. The number of benzene rings is 13.